The second-order valence-corrected chi connectivity index (χ2v) is 5.29. The fourth-order valence-electron chi connectivity index (χ4n) is 1.82. The lowest BCUT2D eigenvalue weighted by Gasteiger charge is -2.12. The highest BCUT2D eigenvalue weighted by molar-refractivity contribution is 6.35. The van der Waals surface area contributed by atoms with Crippen LogP contribution in [0.2, 0.25) is 10.0 Å². The van der Waals surface area contributed by atoms with Crippen LogP contribution in [0, 0.1) is 0 Å². The van der Waals surface area contributed by atoms with Gasteiger partial charge in [0.2, 0.25) is 0 Å². The highest BCUT2D eigenvalue weighted by Crippen LogP contribution is 2.29. The Morgan fingerprint density at radius 3 is 2.26 bits per heavy atom. The van der Waals surface area contributed by atoms with Crippen molar-refractivity contribution in [1.82, 2.24) is 0 Å². The first-order valence-electron chi connectivity index (χ1n) is 6.63. The Balaban J connectivity index is 1.95. The maximum Gasteiger partial charge on any atom is 0.335 e. The van der Waals surface area contributed by atoms with E-state index in [9.17, 15) is 4.79 Å². The zero-order valence-corrected chi connectivity index (χ0v) is 13.7. The second-order valence-electron chi connectivity index (χ2n) is 4.44. The second kappa shape index (κ2) is 7.94. The summed E-state index contributed by atoms with van der Waals surface area (Å²) < 4.78 is 16.1. The van der Waals surface area contributed by atoms with E-state index in [-0.39, 0.29) is 18.8 Å². The minimum absolute atomic E-state index is 0.113. The van der Waals surface area contributed by atoms with Crippen LogP contribution in [0.1, 0.15) is 10.4 Å². The number of rotatable bonds is 7. The third-order valence-corrected chi connectivity index (χ3v) is 3.43. The summed E-state index contributed by atoms with van der Waals surface area (Å²) in [7, 11) is 1.48. The van der Waals surface area contributed by atoms with Crippen LogP contribution in [0.15, 0.2) is 36.4 Å². The minimum Gasteiger partial charge on any atom is -0.493 e. The highest BCUT2D eigenvalue weighted by atomic mass is 35.5. The zero-order valence-electron chi connectivity index (χ0n) is 12.2. The predicted octanol–water partition coefficient (Wildman–Crippen LogP) is 4.16. The van der Waals surface area contributed by atoms with Crippen molar-refractivity contribution in [2.24, 2.45) is 0 Å². The normalized spacial score (nSPS) is 10.2. The summed E-state index contributed by atoms with van der Waals surface area (Å²) in [5.41, 5.74) is 0.113. The molecule has 122 valence electrons. The third kappa shape index (κ3) is 4.68. The Morgan fingerprint density at radius 2 is 1.65 bits per heavy atom. The molecule has 5 nitrogen and oxygen atoms in total. The quantitative estimate of drug-likeness (QED) is 0.754. The standard InChI is InChI=1S/C16H14Cl2O5/c1-21-14-4-2-10(16(19)20)8-15(14)23-7-6-22-13-5-3-11(17)9-12(13)18/h2-5,8-9H,6-7H2,1H3,(H,19,20). The van der Waals surface area contributed by atoms with Crippen molar-refractivity contribution in [3.8, 4) is 17.2 Å². The topological polar surface area (TPSA) is 65.0 Å². The Morgan fingerprint density at radius 1 is 1.00 bits per heavy atom. The van der Waals surface area contributed by atoms with Gasteiger partial charge in [-0.3, -0.25) is 0 Å². The number of carbonyl (C=O) groups is 1. The first-order chi connectivity index (χ1) is 11.0. The number of halogens is 2. The van der Waals surface area contributed by atoms with Crippen molar-refractivity contribution in [3.05, 3.63) is 52.0 Å². The van der Waals surface area contributed by atoms with Crippen LogP contribution in [-0.4, -0.2) is 31.4 Å². The van der Waals surface area contributed by atoms with Gasteiger partial charge < -0.3 is 19.3 Å². The molecule has 2 aromatic rings. The van der Waals surface area contributed by atoms with E-state index in [0.29, 0.717) is 27.3 Å². The molecule has 0 unspecified atom stereocenters. The Bertz CT molecular complexity index is 703. The number of carboxylic acid groups (broad SMARTS) is 1. The van der Waals surface area contributed by atoms with Gasteiger partial charge in [0.15, 0.2) is 11.5 Å². The van der Waals surface area contributed by atoms with E-state index in [1.807, 2.05) is 0 Å². The third-order valence-electron chi connectivity index (χ3n) is 2.90. The number of hydrogen-bond donors (Lipinski definition) is 1. The summed E-state index contributed by atoms with van der Waals surface area (Å²) in [4.78, 5) is 11.0. The molecule has 0 fully saturated rings. The van der Waals surface area contributed by atoms with Gasteiger partial charge in [-0.2, -0.15) is 0 Å². The molecule has 7 heteroatoms. The van der Waals surface area contributed by atoms with E-state index in [1.165, 1.54) is 25.3 Å². The molecule has 0 atom stereocenters. The predicted molar refractivity (Wildman–Crippen MR) is 87.4 cm³/mol. The van der Waals surface area contributed by atoms with E-state index in [2.05, 4.69) is 0 Å². The molecule has 0 spiro atoms. The number of hydrogen-bond acceptors (Lipinski definition) is 4. The van der Waals surface area contributed by atoms with E-state index in [4.69, 9.17) is 42.5 Å². The van der Waals surface area contributed by atoms with Crippen molar-refractivity contribution < 1.29 is 24.1 Å². The van der Waals surface area contributed by atoms with E-state index < -0.39 is 5.97 Å². The molecule has 0 aliphatic heterocycles. The Kier molecular flexibility index (Phi) is 5.96. The van der Waals surface area contributed by atoms with Gasteiger partial charge in [0.05, 0.1) is 17.7 Å². The van der Waals surface area contributed by atoms with Crippen molar-refractivity contribution >= 4 is 29.2 Å². The summed E-state index contributed by atoms with van der Waals surface area (Å²) in [6.45, 7) is 0.417. The van der Waals surface area contributed by atoms with Crippen molar-refractivity contribution in [2.75, 3.05) is 20.3 Å². The van der Waals surface area contributed by atoms with Crippen LogP contribution in [0.5, 0.6) is 17.2 Å². The molecule has 0 saturated heterocycles. The monoisotopic (exact) mass is 356 g/mol. The first-order valence-corrected chi connectivity index (χ1v) is 7.39. The molecule has 2 rings (SSSR count). The zero-order chi connectivity index (χ0) is 16.8. The fraction of sp³-hybridized carbons (Fsp3) is 0.188. The molecule has 0 bridgehead atoms. The molecule has 0 aromatic heterocycles. The van der Waals surface area contributed by atoms with Crippen LogP contribution in [0.3, 0.4) is 0 Å². The number of benzene rings is 2. The minimum atomic E-state index is -1.04. The van der Waals surface area contributed by atoms with E-state index >= 15 is 0 Å². The average Bonchev–Trinajstić information content (AvgIpc) is 2.52. The van der Waals surface area contributed by atoms with Gasteiger partial charge >= 0.3 is 5.97 Å². The molecular weight excluding hydrogens is 343 g/mol. The molecule has 0 saturated carbocycles. The summed E-state index contributed by atoms with van der Waals surface area (Å²) in [5, 5.41) is 9.93. The molecule has 0 heterocycles. The van der Waals surface area contributed by atoms with Crippen LogP contribution in [0.25, 0.3) is 0 Å². The summed E-state index contributed by atoms with van der Waals surface area (Å²) in [6, 6.07) is 9.29. The van der Waals surface area contributed by atoms with Crippen LogP contribution in [0.4, 0.5) is 0 Å². The molecular formula is C16H14Cl2O5. The smallest absolute Gasteiger partial charge is 0.335 e. The summed E-state index contributed by atoms with van der Waals surface area (Å²) >= 11 is 11.8. The van der Waals surface area contributed by atoms with Crippen LogP contribution < -0.4 is 14.2 Å². The Labute approximate surface area is 143 Å². The molecule has 2 aromatic carbocycles. The SMILES string of the molecule is COc1ccc(C(=O)O)cc1OCCOc1ccc(Cl)cc1Cl. The van der Waals surface area contributed by atoms with Crippen molar-refractivity contribution in [1.29, 1.82) is 0 Å². The van der Waals surface area contributed by atoms with Gasteiger partial charge in [-0.1, -0.05) is 23.2 Å². The van der Waals surface area contributed by atoms with Gasteiger partial charge in [-0.15, -0.1) is 0 Å². The maximum absolute atomic E-state index is 11.0. The van der Waals surface area contributed by atoms with Gasteiger partial charge in [-0.25, -0.2) is 4.79 Å². The molecule has 0 aliphatic carbocycles. The molecule has 0 amide bonds. The van der Waals surface area contributed by atoms with E-state index in [1.54, 1.807) is 18.2 Å². The highest BCUT2D eigenvalue weighted by Gasteiger charge is 2.10. The molecule has 23 heavy (non-hydrogen) atoms. The lowest BCUT2D eigenvalue weighted by Crippen LogP contribution is -2.10. The fourth-order valence-corrected chi connectivity index (χ4v) is 2.28. The maximum atomic E-state index is 11.0. The summed E-state index contributed by atoms with van der Waals surface area (Å²) in [6.07, 6.45) is 0. The average molecular weight is 357 g/mol. The van der Waals surface area contributed by atoms with Crippen LogP contribution >= 0.6 is 23.2 Å². The molecule has 0 radical (unpaired) electrons. The van der Waals surface area contributed by atoms with Gasteiger partial charge in [0.1, 0.15) is 19.0 Å². The van der Waals surface area contributed by atoms with Crippen LogP contribution in [-0.2, 0) is 0 Å². The lowest BCUT2D eigenvalue weighted by atomic mass is 10.2. The van der Waals surface area contributed by atoms with E-state index in [0.717, 1.165) is 0 Å². The summed E-state index contributed by atoms with van der Waals surface area (Å²) in [5.74, 6) is 0.227. The number of aromatic carboxylic acids is 1. The van der Waals surface area contributed by atoms with Gasteiger partial charge in [0.25, 0.3) is 0 Å². The number of ether oxygens (including phenoxy) is 3. The van der Waals surface area contributed by atoms with Crippen molar-refractivity contribution in [3.63, 3.8) is 0 Å². The lowest BCUT2D eigenvalue weighted by molar-refractivity contribution is 0.0696. The van der Waals surface area contributed by atoms with Gasteiger partial charge in [0, 0.05) is 5.02 Å². The molecule has 0 aliphatic rings. The van der Waals surface area contributed by atoms with Gasteiger partial charge in [-0.05, 0) is 36.4 Å². The Hall–Kier alpha value is -2.11. The van der Waals surface area contributed by atoms with Crippen molar-refractivity contribution in [2.45, 2.75) is 0 Å². The molecule has 1 N–H and O–H groups in total. The largest absolute Gasteiger partial charge is 0.493 e. The number of carboxylic acids is 1. The first kappa shape index (κ1) is 17.2. The number of methoxy groups -OCH3 is 1.